The van der Waals surface area contributed by atoms with Gasteiger partial charge in [0.2, 0.25) is 0 Å². The van der Waals surface area contributed by atoms with Gasteiger partial charge in [0.05, 0.1) is 12.6 Å². The van der Waals surface area contributed by atoms with Crippen molar-refractivity contribution < 1.29 is 5.11 Å². The van der Waals surface area contributed by atoms with Crippen LogP contribution in [0.1, 0.15) is 13.8 Å². The van der Waals surface area contributed by atoms with Gasteiger partial charge in [-0.2, -0.15) is 17.7 Å². The van der Waals surface area contributed by atoms with Gasteiger partial charge in [0.25, 0.3) is 0 Å². The molecule has 0 radical (unpaired) electrons. The van der Waals surface area contributed by atoms with E-state index in [1.165, 1.54) is 6.33 Å². The van der Waals surface area contributed by atoms with Crippen LogP contribution in [0.2, 0.25) is 5.02 Å². The van der Waals surface area contributed by atoms with Gasteiger partial charge in [0.15, 0.2) is 0 Å². The normalized spacial score (nSPS) is 12.4. The lowest BCUT2D eigenvalue weighted by Crippen LogP contribution is -2.34. The number of hydrogen-bond donors (Lipinski definition) is 2. The molecule has 0 bridgehead atoms. The predicted molar refractivity (Wildman–Crippen MR) is 85.1 cm³/mol. The maximum Gasteiger partial charge on any atom is 0.137 e. The Kier molecular flexibility index (Phi) is 7.05. The first kappa shape index (κ1) is 17.0. The van der Waals surface area contributed by atoms with Gasteiger partial charge in [-0.15, -0.1) is 0 Å². The third-order valence-electron chi connectivity index (χ3n) is 2.87. The van der Waals surface area contributed by atoms with Gasteiger partial charge in [-0.3, -0.25) is 4.68 Å². The molecular weight excluding hydrogens is 294 g/mol. The van der Waals surface area contributed by atoms with Gasteiger partial charge >= 0.3 is 0 Å². The van der Waals surface area contributed by atoms with Crippen molar-refractivity contribution in [1.82, 2.24) is 14.8 Å². The second-order valence-corrected chi connectivity index (χ2v) is 5.83. The minimum Gasteiger partial charge on any atom is -0.391 e. The summed E-state index contributed by atoms with van der Waals surface area (Å²) in [5.74, 6) is 0.642. The summed E-state index contributed by atoms with van der Waals surface area (Å²) in [6, 6.07) is 9.44. The monoisotopic (exact) mass is 313 g/mol. The molecule has 0 fully saturated rings. The number of aliphatic hydroxyl groups is 1. The number of rotatable bonds is 4. The predicted octanol–water partition coefficient (Wildman–Crippen LogP) is 2.94. The fraction of sp³-hybridized carbons (Fsp3) is 0.429. The fourth-order valence-electron chi connectivity index (χ4n) is 1.27. The molecule has 1 heterocycles. The number of halogens is 1. The molecule has 1 aromatic heterocycles. The molecule has 0 aliphatic rings. The first-order valence-electron chi connectivity index (χ1n) is 6.27. The van der Waals surface area contributed by atoms with E-state index in [2.05, 4.69) is 22.7 Å². The Bertz CT molecular complexity index is 476. The molecule has 1 atom stereocenters. The maximum absolute atomic E-state index is 9.81. The van der Waals surface area contributed by atoms with Crippen molar-refractivity contribution in [2.75, 3.05) is 5.75 Å². The van der Waals surface area contributed by atoms with E-state index in [9.17, 15) is 5.11 Å². The van der Waals surface area contributed by atoms with Gasteiger partial charge < -0.3 is 5.11 Å². The summed E-state index contributed by atoms with van der Waals surface area (Å²) in [6.45, 7) is 4.41. The summed E-state index contributed by atoms with van der Waals surface area (Å²) >= 11 is 9.73. The van der Waals surface area contributed by atoms with E-state index >= 15 is 0 Å². The summed E-state index contributed by atoms with van der Waals surface area (Å²) in [5.41, 5.74) is -0.199. The van der Waals surface area contributed by atoms with Crippen molar-refractivity contribution in [3.63, 3.8) is 0 Å². The topological polar surface area (TPSA) is 50.9 Å². The average Bonchev–Trinajstić information content (AvgIpc) is 2.93. The summed E-state index contributed by atoms with van der Waals surface area (Å²) in [6.07, 6.45) is 2.60. The van der Waals surface area contributed by atoms with E-state index in [0.717, 1.165) is 5.02 Å². The zero-order chi connectivity index (χ0) is 15.0. The Hall–Kier alpha value is -1.04. The molecular formula is C14H20ClN3OS. The van der Waals surface area contributed by atoms with Crippen molar-refractivity contribution in [2.45, 2.75) is 26.5 Å². The molecule has 2 rings (SSSR count). The van der Waals surface area contributed by atoms with Gasteiger partial charge in [-0.25, -0.2) is 4.98 Å². The summed E-state index contributed by atoms with van der Waals surface area (Å²) in [7, 11) is 0. The minimum atomic E-state index is -0.452. The van der Waals surface area contributed by atoms with Crippen LogP contribution in [-0.2, 0) is 6.54 Å². The third-order valence-corrected chi connectivity index (χ3v) is 3.94. The lowest BCUT2D eigenvalue weighted by Gasteiger charge is -2.28. The summed E-state index contributed by atoms with van der Waals surface area (Å²) in [4.78, 5) is 3.80. The van der Waals surface area contributed by atoms with Crippen molar-refractivity contribution in [2.24, 2.45) is 5.41 Å². The number of aromatic nitrogens is 3. The third kappa shape index (κ3) is 5.94. The van der Waals surface area contributed by atoms with Crippen LogP contribution < -0.4 is 0 Å². The standard InChI is InChI=1S/C8H15N3OS.C6H5Cl/c1-8(2,4-13)7(12)3-11-6-9-5-10-11;7-6-4-2-1-3-5-6/h5-7,12-13H,3-4H2,1-2H3;1-5H. The summed E-state index contributed by atoms with van der Waals surface area (Å²) in [5, 5.41) is 14.5. The van der Waals surface area contributed by atoms with Gasteiger partial charge in [0, 0.05) is 10.4 Å². The van der Waals surface area contributed by atoms with Crippen molar-refractivity contribution >= 4 is 24.2 Å². The van der Waals surface area contributed by atoms with Gasteiger partial charge in [-0.1, -0.05) is 43.6 Å². The van der Waals surface area contributed by atoms with Crippen LogP contribution in [0.4, 0.5) is 0 Å². The first-order valence-corrected chi connectivity index (χ1v) is 7.28. The van der Waals surface area contributed by atoms with Crippen LogP contribution in [0.15, 0.2) is 43.0 Å². The van der Waals surface area contributed by atoms with Crippen LogP contribution in [0, 0.1) is 5.41 Å². The number of hydrogen-bond acceptors (Lipinski definition) is 4. The van der Waals surface area contributed by atoms with E-state index in [-0.39, 0.29) is 5.41 Å². The van der Waals surface area contributed by atoms with E-state index in [4.69, 9.17) is 11.6 Å². The number of nitrogens with zero attached hydrogens (tertiary/aromatic N) is 3. The van der Waals surface area contributed by atoms with Crippen molar-refractivity contribution in [3.05, 3.63) is 48.0 Å². The molecule has 6 heteroatoms. The molecule has 0 amide bonds. The Morgan fingerprint density at radius 3 is 2.40 bits per heavy atom. The molecule has 0 aliphatic heterocycles. The highest BCUT2D eigenvalue weighted by atomic mass is 35.5. The molecule has 4 nitrogen and oxygen atoms in total. The fourth-order valence-corrected chi connectivity index (χ4v) is 1.63. The number of aliphatic hydroxyl groups excluding tert-OH is 1. The lowest BCUT2D eigenvalue weighted by atomic mass is 9.89. The van der Waals surface area contributed by atoms with Crippen LogP contribution >= 0.6 is 24.2 Å². The molecule has 110 valence electrons. The van der Waals surface area contributed by atoms with Crippen molar-refractivity contribution in [1.29, 1.82) is 0 Å². The zero-order valence-electron chi connectivity index (χ0n) is 11.6. The largest absolute Gasteiger partial charge is 0.391 e. The van der Waals surface area contributed by atoms with Crippen LogP contribution in [0.3, 0.4) is 0 Å². The second-order valence-electron chi connectivity index (χ2n) is 5.08. The molecule has 0 saturated carbocycles. The highest BCUT2D eigenvalue weighted by Gasteiger charge is 2.26. The number of benzene rings is 1. The molecule has 0 saturated heterocycles. The molecule has 1 aromatic carbocycles. The van der Waals surface area contributed by atoms with Crippen LogP contribution in [-0.4, -0.2) is 31.7 Å². The van der Waals surface area contributed by atoms with Crippen LogP contribution in [0.25, 0.3) is 0 Å². The number of thiol groups is 1. The van der Waals surface area contributed by atoms with Gasteiger partial charge in [-0.05, 0) is 17.9 Å². The molecule has 0 aliphatic carbocycles. The minimum absolute atomic E-state index is 0.199. The molecule has 0 spiro atoms. The Balaban J connectivity index is 0.000000240. The smallest absolute Gasteiger partial charge is 0.137 e. The zero-order valence-corrected chi connectivity index (χ0v) is 13.3. The molecule has 1 N–H and O–H groups in total. The van der Waals surface area contributed by atoms with E-state index < -0.39 is 6.10 Å². The van der Waals surface area contributed by atoms with E-state index in [0.29, 0.717) is 12.3 Å². The molecule has 20 heavy (non-hydrogen) atoms. The second kappa shape index (κ2) is 8.29. The van der Waals surface area contributed by atoms with Crippen molar-refractivity contribution in [3.8, 4) is 0 Å². The SMILES string of the molecule is CC(C)(CS)C(O)Cn1cncn1.Clc1ccccc1. The molecule has 1 unspecified atom stereocenters. The van der Waals surface area contributed by atoms with Gasteiger partial charge in [0.1, 0.15) is 12.7 Å². The maximum atomic E-state index is 9.81. The Morgan fingerprint density at radius 1 is 1.35 bits per heavy atom. The average molecular weight is 314 g/mol. The van der Waals surface area contributed by atoms with E-state index in [1.807, 2.05) is 44.2 Å². The quantitative estimate of drug-likeness (QED) is 0.853. The summed E-state index contributed by atoms with van der Waals surface area (Å²) < 4.78 is 1.62. The first-order chi connectivity index (χ1) is 9.45. The van der Waals surface area contributed by atoms with E-state index in [1.54, 1.807) is 11.0 Å². The Morgan fingerprint density at radius 2 is 2.00 bits per heavy atom. The highest BCUT2D eigenvalue weighted by molar-refractivity contribution is 7.80. The molecule has 2 aromatic rings. The highest BCUT2D eigenvalue weighted by Crippen LogP contribution is 2.22. The van der Waals surface area contributed by atoms with Crippen LogP contribution in [0.5, 0.6) is 0 Å². The Labute approximate surface area is 130 Å². The lowest BCUT2D eigenvalue weighted by molar-refractivity contribution is 0.0482.